The SMILES string of the molecule is CCc1cc(NC(=O)C(N=Nc2cc(C(=O)Nc3ccc(CCl)cc3)ccc2Cl)C(C)=O)cc(CC)c1NC(=O)C(N=Nc1cc(C(=O)Nc2ccc(CCl)cc2)ccc1Cl)C(C)=O. The summed E-state index contributed by atoms with van der Waals surface area (Å²) in [5.41, 5.74) is 5.28. The molecule has 14 nitrogen and oxygen atoms in total. The molecule has 0 aromatic heterocycles. The van der Waals surface area contributed by atoms with Gasteiger partial charge >= 0.3 is 0 Å². The van der Waals surface area contributed by atoms with Crippen LogP contribution in [0.1, 0.15) is 70.7 Å². The molecule has 0 bridgehead atoms. The van der Waals surface area contributed by atoms with Gasteiger partial charge in [0.2, 0.25) is 12.1 Å². The number of alkyl halides is 2. The van der Waals surface area contributed by atoms with Crippen molar-refractivity contribution in [1.29, 1.82) is 0 Å². The minimum absolute atomic E-state index is 0.0562. The molecule has 2 atom stereocenters. The van der Waals surface area contributed by atoms with Gasteiger partial charge in [-0.3, -0.25) is 28.8 Å². The van der Waals surface area contributed by atoms with Crippen LogP contribution < -0.4 is 21.3 Å². The van der Waals surface area contributed by atoms with Crippen LogP contribution in [-0.4, -0.2) is 47.3 Å². The van der Waals surface area contributed by atoms with E-state index in [0.29, 0.717) is 58.5 Å². The van der Waals surface area contributed by atoms with Crippen molar-refractivity contribution in [2.45, 2.75) is 64.4 Å². The van der Waals surface area contributed by atoms with E-state index in [-0.39, 0.29) is 32.5 Å². The lowest BCUT2D eigenvalue weighted by Crippen LogP contribution is -2.33. The van der Waals surface area contributed by atoms with E-state index in [1.54, 1.807) is 60.7 Å². The Labute approximate surface area is 389 Å². The van der Waals surface area contributed by atoms with Crippen LogP contribution in [0.25, 0.3) is 0 Å². The van der Waals surface area contributed by atoms with E-state index in [4.69, 9.17) is 46.4 Å². The zero-order valence-electron chi connectivity index (χ0n) is 35.0. The quantitative estimate of drug-likeness (QED) is 0.0382. The van der Waals surface area contributed by atoms with Crippen molar-refractivity contribution in [1.82, 2.24) is 0 Å². The van der Waals surface area contributed by atoms with E-state index in [1.165, 1.54) is 50.2 Å². The van der Waals surface area contributed by atoms with Crippen molar-refractivity contribution in [3.05, 3.63) is 140 Å². The van der Waals surface area contributed by atoms with Gasteiger partial charge in [-0.2, -0.15) is 20.5 Å². The fourth-order valence-corrected chi connectivity index (χ4v) is 6.73. The van der Waals surface area contributed by atoms with Crippen molar-refractivity contribution in [2.75, 3.05) is 21.3 Å². The molecule has 4 N–H and O–H groups in total. The maximum Gasteiger partial charge on any atom is 0.258 e. The lowest BCUT2D eigenvalue weighted by molar-refractivity contribution is -0.127. The van der Waals surface area contributed by atoms with Crippen molar-refractivity contribution in [3.63, 3.8) is 0 Å². The van der Waals surface area contributed by atoms with Crippen LogP contribution in [0.15, 0.2) is 118 Å². The molecule has 330 valence electrons. The Morgan fingerprint density at radius 3 is 1.27 bits per heavy atom. The Hall–Kier alpha value is -6.32. The first-order valence-electron chi connectivity index (χ1n) is 19.8. The van der Waals surface area contributed by atoms with E-state index in [1.807, 2.05) is 13.8 Å². The minimum Gasteiger partial charge on any atom is -0.324 e. The molecular formula is C46H42Cl4N8O6. The highest BCUT2D eigenvalue weighted by Gasteiger charge is 2.27. The highest BCUT2D eigenvalue weighted by Crippen LogP contribution is 2.31. The summed E-state index contributed by atoms with van der Waals surface area (Å²) < 4.78 is 0. The summed E-state index contributed by atoms with van der Waals surface area (Å²) in [6.07, 6.45) is 0.772. The van der Waals surface area contributed by atoms with Crippen LogP contribution in [0.3, 0.4) is 0 Å². The number of azo groups is 2. The second kappa shape index (κ2) is 22.9. The summed E-state index contributed by atoms with van der Waals surface area (Å²) in [7, 11) is 0. The maximum absolute atomic E-state index is 13.7. The second-order valence-corrected chi connectivity index (χ2v) is 15.6. The van der Waals surface area contributed by atoms with Gasteiger partial charge in [-0.05, 0) is 122 Å². The van der Waals surface area contributed by atoms with Crippen LogP contribution >= 0.6 is 46.4 Å². The van der Waals surface area contributed by atoms with Gasteiger partial charge < -0.3 is 21.3 Å². The largest absolute Gasteiger partial charge is 0.324 e. The molecule has 0 aliphatic rings. The number of halogens is 4. The van der Waals surface area contributed by atoms with Gasteiger partial charge in [-0.1, -0.05) is 61.3 Å². The zero-order chi connectivity index (χ0) is 46.5. The number of nitrogens with zero attached hydrogens (tertiary/aromatic N) is 4. The fraction of sp³-hybridized carbons (Fsp3) is 0.217. The van der Waals surface area contributed by atoms with E-state index in [9.17, 15) is 28.8 Å². The molecule has 64 heavy (non-hydrogen) atoms. The van der Waals surface area contributed by atoms with Crippen molar-refractivity contribution >= 4 is 116 Å². The standard InChI is InChI=1S/C46H42Cl4N8O6/c1-5-29-19-35(53-45(63)40(25(3)59)57-55-38-21-31(11-17-36(38)49)43(61)51-33-13-7-27(23-47)8-14-33)20-30(6-2)42(29)54-46(64)41(26(4)60)58-56-39-22-32(12-18-37(39)50)44(62)52-34-15-9-28(24-48)10-16-34/h7-22,40-41H,5-6,23-24H2,1-4H3,(H,51,61)(H,52,62)(H,53,63)(H,54,64). The van der Waals surface area contributed by atoms with E-state index < -0.39 is 47.3 Å². The lowest BCUT2D eigenvalue weighted by atomic mass is 10.0. The van der Waals surface area contributed by atoms with Crippen molar-refractivity contribution in [2.24, 2.45) is 20.5 Å². The van der Waals surface area contributed by atoms with Crippen molar-refractivity contribution in [3.8, 4) is 0 Å². The number of aryl methyl sites for hydroxylation is 2. The van der Waals surface area contributed by atoms with E-state index >= 15 is 0 Å². The molecule has 2 unspecified atom stereocenters. The van der Waals surface area contributed by atoms with Gasteiger partial charge in [0.25, 0.3) is 23.6 Å². The first-order chi connectivity index (χ1) is 30.6. The number of Topliss-reactive ketones (excluding diaryl/α,β-unsaturated/α-hetero) is 2. The number of rotatable bonds is 18. The van der Waals surface area contributed by atoms with Crippen LogP contribution in [0, 0.1) is 0 Å². The van der Waals surface area contributed by atoms with Gasteiger partial charge in [-0.15, -0.1) is 23.2 Å². The Morgan fingerprint density at radius 1 is 0.516 bits per heavy atom. The van der Waals surface area contributed by atoms with Gasteiger partial charge in [0.1, 0.15) is 11.4 Å². The summed E-state index contributed by atoms with van der Waals surface area (Å²) in [6, 6.07) is 22.8. The highest BCUT2D eigenvalue weighted by atomic mass is 35.5. The summed E-state index contributed by atoms with van der Waals surface area (Å²) >= 11 is 24.4. The van der Waals surface area contributed by atoms with E-state index in [2.05, 4.69) is 41.7 Å². The summed E-state index contributed by atoms with van der Waals surface area (Å²) in [4.78, 5) is 78.6. The number of carbonyl (C=O) groups excluding carboxylic acids is 6. The van der Waals surface area contributed by atoms with Crippen LogP contribution in [0.4, 0.5) is 34.1 Å². The monoisotopic (exact) mass is 942 g/mol. The summed E-state index contributed by atoms with van der Waals surface area (Å²) in [6.45, 7) is 6.05. The summed E-state index contributed by atoms with van der Waals surface area (Å²) in [5.74, 6) is -3.03. The normalized spacial score (nSPS) is 12.1. The number of anilines is 4. The Kier molecular flexibility index (Phi) is 17.4. The third kappa shape index (κ3) is 12.9. The Morgan fingerprint density at radius 2 is 0.906 bits per heavy atom. The molecule has 0 spiro atoms. The first kappa shape index (κ1) is 48.7. The first-order valence-corrected chi connectivity index (χ1v) is 21.6. The van der Waals surface area contributed by atoms with Crippen LogP contribution in [-0.2, 0) is 43.8 Å². The van der Waals surface area contributed by atoms with E-state index in [0.717, 1.165) is 11.1 Å². The molecule has 0 saturated carbocycles. The molecule has 0 aliphatic heterocycles. The number of nitrogens with one attached hydrogen (secondary N) is 4. The predicted molar refractivity (Wildman–Crippen MR) is 251 cm³/mol. The third-order valence-corrected chi connectivity index (χ3v) is 10.8. The fourth-order valence-electron chi connectivity index (χ4n) is 6.06. The number of benzene rings is 5. The number of carbonyl (C=O) groups is 6. The predicted octanol–water partition coefficient (Wildman–Crippen LogP) is 11.5. The van der Waals surface area contributed by atoms with Gasteiger partial charge in [0.15, 0.2) is 11.6 Å². The summed E-state index contributed by atoms with van der Waals surface area (Å²) in [5, 5.41) is 27.5. The molecule has 5 rings (SSSR count). The number of ketones is 2. The molecular weight excluding hydrogens is 902 g/mol. The number of amides is 4. The molecule has 18 heteroatoms. The number of hydrogen-bond acceptors (Lipinski definition) is 10. The van der Waals surface area contributed by atoms with Crippen LogP contribution in [0.5, 0.6) is 0 Å². The molecule has 0 heterocycles. The van der Waals surface area contributed by atoms with Gasteiger partial charge in [0, 0.05) is 45.6 Å². The van der Waals surface area contributed by atoms with Crippen LogP contribution in [0.2, 0.25) is 10.0 Å². The third-order valence-electron chi connectivity index (χ3n) is 9.56. The molecule has 5 aromatic rings. The molecule has 0 fully saturated rings. The van der Waals surface area contributed by atoms with Gasteiger partial charge in [0.05, 0.1) is 10.0 Å². The molecule has 4 amide bonds. The average molecular weight is 945 g/mol. The average Bonchev–Trinajstić information content (AvgIpc) is 3.28. The second-order valence-electron chi connectivity index (χ2n) is 14.2. The minimum atomic E-state index is -1.58. The molecule has 0 saturated heterocycles. The Balaban J connectivity index is 1.30. The topological polar surface area (TPSA) is 200 Å². The smallest absolute Gasteiger partial charge is 0.258 e. The Bertz CT molecular complexity index is 2610. The lowest BCUT2D eigenvalue weighted by Gasteiger charge is -2.19. The maximum atomic E-state index is 13.7. The highest BCUT2D eigenvalue weighted by molar-refractivity contribution is 6.33. The molecule has 0 aliphatic carbocycles. The van der Waals surface area contributed by atoms with Gasteiger partial charge in [-0.25, -0.2) is 0 Å². The van der Waals surface area contributed by atoms with Crippen molar-refractivity contribution < 1.29 is 28.8 Å². The molecule has 0 radical (unpaired) electrons. The zero-order valence-corrected chi connectivity index (χ0v) is 38.0. The molecule has 5 aromatic carbocycles. The number of hydrogen-bond donors (Lipinski definition) is 4.